The van der Waals surface area contributed by atoms with E-state index in [4.69, 9.17) is 19.2 Å². The number of hydrogen-bond donors (Lipinski definition) is 0. The van der Waals surface area contributed by atoms with Crippen molar-refractivity contribution in [2.75, 3.05) is 63.4 Å². The Balaban J connectivity index is 1.63. The van der Waals surface area contributed by atoms with Crippen LogP contribution in [0.2, 0.25) is 0 Å². The van der Waals surface area contributed by atoms with Gasteiger partial charge in [0.15, 0.2) is 11.7 Å². The van der Waals surface area contributed by atoms with E-state index < -0.39 is 11.9 Å². The first-order valence-corrected chi connectivity index (χ1v) is 11.1. The Kier molecular flexibility index (Phi) is 7.40. The number of para-hydroxylation sites is 4. The maximum Gasteiger partial charge on any atom is 0.329 e. The third-order valence-corrected chi connectivity index (χ3v) is 5.75. The van der Waals surface area contributed by atoms with Crippen LogP contribution in [0, 0.1) is 11.3 Å². The van der Waals surface area contributed by atoms with Crippen LogP contribution in [0.3, 0.4) is 0 Å². The normalized spacial score (nSPS) is 14.5. The molecule has 1 aliphatic heterocycles. The predicted octanol–water partition coefficient (Wildman–Crippen LogP) is 2.76. The van der Waals surface area contributed by atoms with Crippen molar-refractivity contribution in [1.82, 2.24) is 9.97 Å². The monoisotopic (exact) mass is 461 g/mol. The highest BCUT2D eigenvalue weighted by Crippen LogP contribution is 2.32. The Labute approximate surface area is 198 Å². The lowest BCUT2D eigenvalue weighted by molar-refractivity contribution is -0.145. The quantitative estimate of drug-likeness (QED) is 0.370. The Hall–Kier alpha value is -3.90. The third kappa shape index (κ3) is 4.87. The van der Waals surface area contributed by atoms with E-state index in [-0.39, 0.29) is 13.2 Å². The second-order valence-corrected chi connectivity index (χ2v) is 7.79. The third-order valence-electron chi connectivity index (χ3n) is 5.75. The predicted molar refractivity (Wildman–Crippen MR) is 128 cm³/mol. The summed E-state index contributed by atoms with van der Waals surface area (Å²) < 4.78 is 15.7. The van der Waals surface area contributed by atoms with Gasteiger partial charge in [-0.1, -0.05) is 24.3 Å². The summed E-state index contributed by atoms with van der Waals surface area (Å²) in [4.78, 5) is 26.5. The first-order valence-electron chi connectivity index (χ1n) is 11.1. The molecular formula is C25H27N5O4. The minimum atomic E-state index is -1.18. The number of methoxy groups -OCH3 is 2. The molecule has 1 aliphatic rings. The maximum atomic E-state index is 12.7. The second kappa shape index (κ2) is 10.8. The van der Waals surface area contributed by atoms with Crippen molar-refractivity contribution in [3.05, 3.63) is 54.2 Å². The zero-order valence-corrected chi connectivity index (χ0v) is 19.3. The molecule has 2 heterocycles. The molecule has 0 aliphatic carbocycles. The van der Waals surface area contributed by atoms with Gasteiger partial charge in [0.05, 0.1) is 36.5 Å². The smallest absolute Gasteiger partial charge is 0.329 e. The number of nitriles is 1. The zero-order valence-electron chi connectivity index (χ0n) is 19.3. The number of fused-ring (bicyclic) bond motifs is 1. The lowest BCUT2D eigenvalue weighted by Crippen LogP contribution is -2.47. The number of carbonyl (C=O) groups is 1. The van der Waals surface area contributed by atoms with Crippen LogP contribution in [0.4, 0.5) is 11.5 Å². The molecule has 0 N–H and O–H groups in total. The number of ether oxygens (including phenoxy) is 3. The van der Waals surface area contributed by atoms with Crippen molar-refractivity contribution in [2.24, 2.45) is 0 Å². The van der Waals surface area contributed by atoms with E-state index in [1.807, 2.05) is 48.5 Å². The first kappa shape index (κ1) is 23.3. The standard InChI is InChI=1S/C25H27N5O4/c1-32-15-16-34-25(31)18(17-26)23-24(28-20-8-4-3-7-19(20)27-23)30-13-11-29(12-14-30)21-9-5-6-10-22(21)33-2/h3-10,18H,11-16H2,1-2H3. The summed E-state index contributed by atoms with van der Waals surface area (Å²) in [5.74, 6) is -0.478. The van der Waals surface area contributed by atoms with Crippen molar-refractivity contribution < 1.29 is 19.0 Å². The summed E-state index contributed by atoms with van der Waals surface area (Å²) in [7, 11) is 3.19. The molecule has 1 aromatic heterocycles. The van der Waals surface area contributed by atoms with Crippen LogP contribution < -0.4 is 14.5 Å². The molecular weight excluding hydrogens is 434 g/mol. The molecule has 2 aromatic carbocycles. The lowest BCUT2D eigenvalue weighted by Gasteiger charge is -2.37. The fourth-order valence-electron chi connectivity index (χ4n) is 4.02. The number of piperazine rings is 1. The molecule has 9 heteroatoms. The summed E-state index contributed by atoms with van der Waals surface area (Å²) >= 11 is 0. The number of anilines is 2. The maximum absolute atomic E-state index is 12.7. The topological polar surface area (TPSA) is 101 Å². The molecule has 1 unspecified atom stereocenters. The fraction of sp³-hybridized carbons (Fsp3) is 0.360. The van der Waals surface area contributed by atoms with Gasteiger partial charge in [0, 0.05) is 33.3 Å². The highest BCUT2D eigenvalue weighted by molar-refractivity contribution is 5.85. The van der Waals surface area contributed by atoms with Gasteiger partial charge in [-0.15, -0.1) is 0 Å². The zero-order chi connectivity index (χ0) is 23.9. The average molecular weight is 462 g/mol. The molecule has 0 amide bonds. The molecule has 0 radical (unpaired) electrons. The van der Waals surface area contributed by atoms with Crippen molar-refractivity contribution in [3.63, 3.8) is 0 Å². The van der Waals surface area contributed by atoms with Gasteiger partial charge in [0.2, 0.25) is 0 Å². The minimum Gasteiger partial charge on any atom is -0.495 e. The van der Waals surface area contributed by atoms with E-state index in [2.05, 4.69) is 20.9 Å². The summed E-state index contributed by atoms with van der Waals surface area (Å²) in [6, 6.07) is 17.4. The molecule has 0 spiro atoms. The van der Waals surface area contributed by atoms with Crippen LogP contribution in [0.25, 0.3) is 11.0 Å². The van der Waals surface area contributed by atoms with Crippen molar-refractivity contribution >= 4 is 28.5 Å². The van der Waals surface area contributed by atoms with Gasteiger partial charge in [-0.25, -0.2) is 9.97 Å². The van der Waals surface area contributed by atoms with E-state index in [1.165, 1.54) is 7.11 Å². The van der Waals surface area contributed by atoms with Crippen LogP contribution in [-0.4, -0.2) is 69.5 Å². The Bertz CT molecular complexity index is 1190. The van der Waals surface area contributed by atoms with Crippen LogP contribution in [-0.2, 0) is 14.3 Å². The van der Waals surface area contributed by atoms with E-state index in [0.29, 0.717) is 35.6 Å². The van der Waals surface area contributed by atoms with Crippen LogP contribution in [0.15, 0.2) is 48.5 Å². The highest BCUT2D eigenvalue weighted by Gasteiger charge is 2.31. The lowest BCUT2D eigenvalue weighted by atomic mass is 10.1. The Morgan fingerprint density at radius 2 is 1.62 bits per heavy atom. The first-order chi connectivity index (χ1) is 16.7. The van der Waals surface area contributed by atoms with Gasteiger partial charge in [0.1, 0.15) is 18.1 Å². The number of rotatable bonds is 8. The Morgan fingerprint density at radius 3 is 2.29 bits per heavy atom. The molecule has 1 saturated heterocycles. The van der Waals surface area contributed by atoms with Crippen molar-refractivity contribution in [3.8, 4) is 11.8 Å². The minimum absolute atomic E-state index is 0.0709. The van der Waals surface area contributed by atoms with E-state index in [1.54, 1.807) is 7.11 Å². The van der Waals surface area contributed by atoms with Gasteiger partial charge < -0.3 is 24.0 Å². The molecule has 1 atom stereocenters. The second-order valence-electron chi connectivity index (χ2n) is 7.79. The van der Waals surface area contributed by atoms with E-state index in [0.717, 1.165) is 24.5 Å². The number of esters is 1. The highest BCUT2D eigenvalue weighted by atomic mass is 16.6. The number of carbonyl (C=O) groups excluding carboxylic acids is 1. The Morgan fingerprint density at radius 1 is 0.971 bits per heavy atom. The molecule has 34 heavy (non-hydrogen) atoms. The average Bonchev–Trinajstić information content (AvgIpc) is 2.89. The fourth-order valence-corrected chi connectivity index (χ4v) is 4.02. The molecule has 0 bridgehead atoms. The number of benzene rings is 2. The van der Waals surface area contributed by atoms with Gasteiger partial charge in [0.25, 0.3) is 0 Å². The van der Waals surface area contributed by atoms with Crippen LogP contribution in [0.5, 0.6) is 5.75 Å². The van der Waals surface area contributed by atoms with Crippen LogP contribution >= 0.6 is 0 Å². The van der Waals surface area contributed by atoms with Gasteiger partial charge in [-0.3, -0.25) is 4.79 Å². The summed E-state index contributed by atoms with van der Waals surface area (Å²) in [5.41, 5.74) is 2.68. The van der Waals surface area contributed by atoms with Crippen molar-refractivity contribution in [1.29, 1.82) is 5.26 Å². The summed E-state index contributed by atoms with van der Waals surface area (Å²) in [6.45, 7) is 3.07. The molecule has 4 rings (SSSR count). The van der Waals surface area contributed by atoms with Gasteiger partial charge in [-0.05, 0) is 24.3 Å². The van der Waals surface area contributed by atoms with Gasteiger partial charge in [-0.2, -0.15) is 5.26 Å². The molecule has 176 valence electrons. The van der Waals surface area contributed by atoms with Crippen molar-refractivity contribution in [2.45, 2.75) is 5.92 Å². The molecule has 9 nitrogen and oxygen atoms in total. The van der Waals surface area contributed by atoms with E-state index in [9.17, 15) is 10.1 Å². The largest absolute Gasteiger partial charge is 0.495 e. The van der Waals surface area contributed by atoms with Crippen LogP contribution in [0.1, 0.15) is 11.6 Å². The number of nitrogens with zero attached hydrogens (tertiary/aromatic N) is 5. The molecule has 1 fully saturated rings. The van der Waals surface area contributed by atoms with E-state index >= 15 is 0 Å². The molecule has 0 saturated carbocycles. The number of hydrogen-bond acceptors (Lipinski definition) is 9. The molecule has 3 aromatic rings. The summed E-state index contributed by atoms with van der Waals surface area (Å²) in [5, 5.41) is 9.86. The van der Waals surface area contributed by atoms with Gasteiger partial charge >= 0.3 is 5.97 Å². The SMILES string of the molecule is COCCOC(=O)C(C#N)c1nc2ccccc2nc1N1CCN(c2ccccc2OC)CC1. The number of aromatic nitrogens is 2. The summed E-state index contributed by atoms with van der Waals surface area (Å²) in [6.07, 6.45) is 0.